The monoisotopic (exact) mass is 524 g/mol. The van der Waals surface area contributed by atoms with Crippen LogP contribution in [0.3, 0.4) is 0 Å². The summed E-state index contributed by atoms with van der Waals surface area (Å²) in [6.07, 6.45) is 8.51. The zero-order valence-electron chi connectivity index (χ0n) is 25.5. The van der Waals surface area contributed by atoms with Gasteiger partial charge in [-0.25, -0.2) is 4.58 Å². The SMILES string of the molecule is C=C=CC(CC)c1ccc(N=C2c3ccccc3C(C(CCCC)C(=C)C)C(CC)(CC)[N+]2=C(C)N)c(C)c1. The molecule has 0 aromatic heterocycles. The second-order valence-electron chi connectivity index (χ2n) is 11.3. The summed E-state index contributed by atoms with van der Waals surface area (Å²) in [7, 11) is 0. The maximum absolute atomic E-state index is 6.81. The molecule has 0 spiro atoms. The molecule has 1 aliphatic rings. The minimum Gasteiger partial charge on any atom is -0.322 e. The van der Waals surface area contributed by atoms with E-state index in [1.54, 1.807) is 0 Å². The summed E-state index contributed by atoms with van der Waals surface area (Å²) in [6.45, 7) is 23.8. The predicted octanol–water partition coefficient (Wildman–Crippen LogP) is 9.34. The molecule has 1 heterocycles. The molecule has 0 saturated carbocycles. The number of benzene rings is 2. The maximum atomic E-state index is 6.81. The van der Waals surface area contributed by atoms with Crippen molar-refractivity contribution in [1.29, 1.82) is 0 Å². The number of unbranched alkanes of at least 4 members (excludes halogenated alkanes) is 1. The maximum Gasteiger partial charge on any atom is 0.271 e. The van der Waals surface area contributed by atoms with Gasteiger partial charge in [-0.15, -0.1) is 10.7 Å². The van der Waals surface area contributed by atoms with E-state index in [-0.39, 0.29) is 11.5 Å². The Morgan fingerprint density at radius 2 is 1.82 bits per heavy atom. The van der Waals surface area contributed by atoms with Crippen molar-refractivity contribution >= 4 is 17.4 Å². The number of nitrogens with two attached hydrogens (primary N) is 1. The van der Waals surface area contributed by atoms with Gasteiger partial charge in [0.15, 0.2) is 5.84 Å². The van der Waals surface area contributed by atoms with Crippen LogP contribution in [0.25, 0.3) is 0 Å². The molecule has 2 aromatic rings. The Morgan fingerprint density at radius 3 is 2.36 bits per heavy atom. The van der Waals surface area contributed by atoms with Crippen molar-refractivity contribution in [2.45, 2.75) is 104 Å². The first-order valence-corrected chi connectivity index (χ1v) is 14.9. The molecule has 1 aliphatic heterocycles. The zero-order chi connectivity index (χ0) is 28.7. The summed E-state index contributed by atoms with van der Waals surface area (Å²) in [5.74, 6) is 2.72. The molecule has 208 valence electrons. The Hall–Kier alpha value is -3.16. The highest BCUT2D eigenvalue weighted by Crippen LogP contribution is 2.50. The van der Waals surface area contributed by atoms with Gasteiger partial charge in [-0.3, -0.25) is 0 Å². The molecule has 3 nitrogen and oxygen atoms in total. The number of aryl methyl sites for hydroxylation is 1. The number of hydrogen-bond acceptors (Lipinski definition) is 1. The van der Waals surface area contributed by atoms with Crippen LogP contribution < -0.4 is 5.73 Å². The zero-order valence-corrected chi connectivity index (χ0v) is 25.5. The highest BCUT2D eigenvalue weighted by molar-refractivity contribution is 6.00. The molecule has 3 unspecified atom stereocenters. The van der Waals surface area contributed by atoms with Gasteiger partial charge in [-0.05, 0) is 80.3 Å². The minimum absolute atomic E-state index is 0.195. The van der Waals surface area contributed by atoms with Gasteiger partial charge in [0.1, 0.15) is 5.69 Å². The van der Waals surface area contributed by atoms with Crippen LogP contribution in [-0.4, -0.2) is 21.8 Å². The molecule has 3 heteroatoms. The van der Waals surface area contributed by atoms with Gasteiger partial charge in [-0.1, -0.05) is 89.6 Å². The van der Waals surface area contributed by atoms with E-state index in [1.165, 1.54) is 35.1 Å². The highest BCUT2D eigenvalue weighted by atomic mass is 15.2. The van der Waals surface area contributed by atoms with Gasteiger partial charge in [0.05, 0.1) is 11.1 Å². The van der Waals surface area contributed by atoms with Crippen LogP contribution >= 0.6 is 0 Å². The Morgan fingerprint density at radius 1 is 1.13 bits per heavy atom. The summed E-state index contributed by atoms with van der Waals surface area (Å²) < 4.78 is 2.38. The number of amidine groups is 2. The van der Waals surface area contributed by atoms with Gasteiger partial charge >= 0.3 is 0 Å². The van der Waals surface area contributed by atoms with Crippen LogP contribution in [0.1, 0.15) is 114 Å². The third-order valence-corrected chi connectivity index (χ3v) is 8.89. The van der Waals surface area contributed by atoms with Crippen molar-refractivity contribution in [3.8, 4) is 0 Å². The molecule has 3 rings (SSSR count). The Bertz CT molecular complexity index is 1280. The average molecular weight is 525 g/mol. The number of nitrogens with zero attached hydrogens (tertiary/aromatic N) is 2. The van der Waals surface area contributed by atoms with Crippen molar-refractivity contribution in [1.82, 2.24) is 0 Å². The van der Waals surface area contributed by atoms with E-state index in [2.05, 4.69) is 114 Å². The lowest BCUT2D eigenvalue weighted by atomic mass is 9.62. The quantitative estimate of drug-likeness (QED) is 0.135. The summed E-state index contributed by atoms with van der Waals surface area (Å²) in [4.78, 5) is 5.41. The van der Waals surface area contributed by atoms with Gasteiger partial charge in [0.25, 0.3) is 5.84 Å². The summed E-state index contributed by atoms with van der Waals surface area (Å²) >= 11 is 0. The lowest BCUT2D eigenvalue weighted by Gasteiger charge is -2.48. The molecule has 0 bridgehead atoms. The molecule has 39 heavy (non-hydrogen) atoms. The van der Waals surface area contributed by atoms with E-state index >= 15 is 0 Å². The third-order valence-electron chi connectivity index (χ3n) is 8.89. The van der Waals surface area contributed by atoms with Gasteiger partial charge in [-0.2, -0.15) is 0 Å². The number of hydrogen-bond donors (Lipinski definition) is 1. The highest BCUT2D eigenvalue weighted by Gasteiger charge is 2.53. The summed E-state index contributed by atoms with van der Waals surface area (Å²) in [6, 6.07) is 15.5. The van der Waals surface area contributed by atoms with Gasteiger partial charge < -0.3 is 5.73 Å². The van der Waals surface area contributed by atoms with Gasteiger partial charge in [0, 0.05) is 18.8 Å². The number of fused-ring (bicyclic) bond motifs is 1. The predicted molar refractivity (Wildman–Crippen MR) is 170 cm³/mol. The summed E-state index contributed by atoms with van der Waals surface area (Å²) in [5.41, 5.74) is 16.8. The first-order chi connectivity index (χ1) is 18.7. The lowest BCUT2D eigenvalue weighted by molar-refractivity contribution is -0.521. The molecule has 3 atom stereocenters. The topological polar surface area (TPSA) is 41.4 Å². The van der Waals surface area contributed by atoms with Crippen molar-refractivity contribution in [2.24, 2.45) is 16.6 Å². The average Bonchev–Trinajstić information content (AvgIpc) is 2.92. The number of aliphatic imine (C=N–C) groups is 1. The molecular weight excluding hydrogens is 474 g/mol. The fourth-order valence-corrected chi connectivity index (χ4v) is 6.82. The number of allylic oxidation sites excluding steroid dienone is 2. The standard InChI is InChI=1S/C36H49N3/c1-10-15-19-30(25(6)7)34-31-20-16-17-21-32(31)35(39(27(9)37)36(34,13-4)14-5)38-33-23-22-29(24-26(33)8)28(12-3)18-11-2/h16-18,20-24,28,30,34,37H,2,6,10,12-15,19H2,1,3-5,7-9H3/p+1. The van der Waals surface area contributed by atoms with Crippen molar-refractivity contribution in [3.05, 3.63) is 95.3 Å². The van der Waals surface area contributed by atoms with Crippen molar-refractivity contribution in [3.63, 3.8) is 0 Å². The van der Waals surface area contributed by atoms with Crippen LogP contribution in [0, 0.1) is 12.8 Å². The van der Waals surface area contributed by atoms with Crippen LogP contribution in [0.5, 0.6) is 0 Å². The largest absolute Gasteiger partial charge is 0.322 e. The molecular formula is C36H50N3+. The fourth-order valence-electron chi connectivity index (χ4n) is 6.82. The van der Waals surface area contributed by atoms with Crippen LogP contribution in [0.2, 0.25) is 0 Å². The van der Waals surface area contributed by atoms with Crippen molar-refractivity contribution in [2.75, 3.05) is 0 Å². The summed E-state index contributed by atoms with van der Waals surface area (Å²) in [5, 5.41) is 0. The van der Waals surface area contributed by atoms with E-state index < -0.39 is 0 Å². The molecule has 2 N–H and O–H groups in total. The van der Waals surface area contributed by atoms with Crippen LogP contribution in [-0.2, 0) is 0 Å². The first-order valence-electron chi connectivity index (χ1n) is 14.9. The smallest absolute Gasteiger partial charge is 0.271 e. The number of rotatable bonds is 11. The van der Waals surface area contributed by atoms with Gasteiger partial charge in [0.2, 0.25) is 0 Å². The second-order valence-corrected chi connectivity index (χ2v) is 11.3. The van der Waals surface area contributed by atoms with E-state index in [0.717, 1.165) is 48.6 Å². The normalized spacial score (nSPS) is 20.1. The third kappa shape index (κ3) is 5.89. The Kier molecular flexibility index (Phi) is 10.3. The van der Waals surface area contributed by atoms with E-state index in [4.69, 9.17) is 10.7 Å². The molecule has 0 amide bonds. The molecule has 2 aromatic carbocycles. The molecule has 0 aliphatic carbocycles. The van der Waals surface area contributed by atoms with Crippen molar-refractivity contribution < 1.29 is 4.58 Å². The van der Waals surface area contributed by atoms with E-state index in [9.17, 15) is 0 Å². The Balaban J connectivity index is 2.34. The molecule has 0 saturated heterocycles. The van der Waals surface area contributed by atoms with Crippen LogP contribution in [0.4, 0.5) is 5.69 Å². The van der Waals surface area contributed by atoms with Crippen LogP contribution in [0.15, 0.2) is 78.0 Å². The molecule has 0 radical (unpaired) electrons. The fraction of sp³-hybridized carbons (Fsp3) is 0.472. The second kappa shape index (κ2) is 13.3. The Labute approximate surface area is 238 Å². The van der Waals surface area contributed by atoms with E-state index in [1.807, 2.05) is 6.92 Å². The molecule has 0 fully saturated rings. The minimum atomic E-state index is -0.195. The lowest BCUT2D eigenvalue weighted by Crippen LogP contribution is -2.58. The van der Waals surface area contributed by atoms with E-state index in [0.29, 0.717) is 11.8 Å². The first kappa shape index (κ1) is 30.4.